The summed E-state index contributed by atoms with van der Waals surface area (Å²) in [5, 5.41) is 0. The van der Waals surface area contributed by atoms with Crippen molar-refractivity contribution in [3.8, 4) is 5.75 Å². The Hall–Kier alpha value is -1.75. The van der Waals surface area contributed by atoms with E-state index in [4.69, 9.17) is 15.2 Å². The Kier molecular flexibility index (Phi) is 5.45. The molecule has 0 amide bonds. The molecule has 0 bridgehead atoms. The van der Waals surface area contributed by atoms with Crippen LogP contribution in [0.5, 0.6) is 5.75 Å². The van der Waals surface area contributed by atoms with Crippen LogP contribution in [0, 0.1) is 0 Å². The van der Waals surface area contributed by atoms with Crippen molar-refractivity contribution in [3.63, 3.8) is 0 Å². The first kappa shape index (κ1) is 14.3. The zero-order chi connectivity index (χ0) is 13.5. The molecule has 0 heterocycles. The van der Waals surface area contributed by atoms with E-state index >= 15 is 0 Å². The number of hydrogen-bond acceptors (Lipinski definition) is 5. The molecule has 0 unspecified atom stereocenters. The van der Waals surface area contributed by atoms with Crippen molar-refractivity contribution in [2.75, 3.05) is 26.1 Å². The van der Waals surface area contributed by atoms with Crippen LogP contribution in [-0.4, -0.2) is 32.4 Å². The second kappa shape index (κ2) is 6.86. The number of hydrogen-bond donors (Lipinski definition) is 1. The highest BCUT2D eigenvalue weighted by molar-refractivity contribution is 5.93. The van der Waals surface area contributed by atoms with Gasteiger partial charge in [0.2, 0.25) is 0 Å². The van der Waals surface area contributed by atoms with Crippen molar-refractivity contribution in [1.29, 1.82) is 0 Å². The zero-order valence-electron chi connectivity index (χ0n) is 10.9. The molecule has 2 N–H and O–H groups in total. The van der Waals surface area contributed by atoms with Crippen LogP contribution in [0.2, 0.25) is 0 Å². The smallest absolute Gasteiger partial charge is 0.341 e. The first-order valence-corrected chi connectivity index (χ1v) is 5.77. The molecule has 0 saturated carbocycles. The zero-order valence-corrected chi connectivity index (χ0v) is 10.9. The van der Waals surface area contributed by atoms with Crippen molar-refractivity contribution in [1.82, 2.24) is 0 Å². The summed E-state index contributed by atoms with van der Waals surface area (Å²) in [6, 6.07) is 4.81. The molecule has 5 heteroatoms. The third-order valence-electron chi connectivity index (χ3n) is 2.20. The lowest BCUT2D eigenvalue weighted by Crippen LogP contribution is -2.13. The molecule has 0 saturated heterocycles. The summed E-state index contributed by atoms with van der Waals surface area (Å²) in [7, 11) is 1.32. The summed E-state index contributed by atoms with van der Waals surface area (Å²) in [5.41, 5.74) is 6.55. The van der Waals surface area contributed by atoms with Gasteiger partial charge < -0.3 is 19.9 Å². The number of nitrogen functional groups attached to an aromatic ring is 1. The van der Waals surface area contributed by atoms with E-state index < -0.39 is 5.97 Å². The number of rotatable bonds is 6. The van der Waals surface area contributed by atoms with Crippen LogP contribution in [0.25, 0.3) is 0 Å². The Morgan fingerprint density at radius 3 is 2.67 bits per heavy atom. The predicted molar refractivity (Wildman–Crippen MR) is 68.8 cm³/mol. The summed E-state index contributed by atoms with van der Waals surface area (Å²) in [4.78, 5) is 11.5. The number of carbonyl (C=O) groups is 1. The van der Waals surface area contributed by atoms with E-state index in [-0.39, 0.29) is 6.10 Å². The minimum Gasteiger partial charge on any atom is -0.490 e. The van der Waals surface area contributed by atoms with E-state index in [2.05, 4.69) is 4.74 Å². The number of carbonyl (C=O) groups excluding carboxylic acids is 1. The molecule has 1 aromatic carbocycles. The fourth-order valence-electron chi connectivity index (χ4n) is 1.37. The predicted octanol–water partition coefficient (Wildman–Crippen LogP) is 1.86. The first-order chi connectivity index (χ1) is 8.54. The molecule has 0 radical (unpaired) electrons. The lowest BCUT2D eigenvalue weighted by molar-refractivity contribution is 0.0522. The highest BCUT2D eigenvalue weighted by Gasteiger charge is 2.13. The second-order valence-corrected chi connectivity index (χ2v) is 4.02. The van der Waals surface area contributed by atoms with Crippen LogP contribution < -0.4 is 10.5 Å². The van der Waals surface area contributed by atoms with E-state index in [0.717, 1.165) is 0 Å². The van der Waals surface area contributed by atoms with E-state index in [9.17, 15) is 4.79 Å². The van der Waals surface area contributed by atoms with Gasteiger partial charge >= 0.3 is 5.97 Å². The molecule has 0 atom stereocenters. The van der Waals surface area contributed by atoms with Crippen LogP contribution in [0.4, 0.5) is 5.69 Å². The molecular weight excluding hydrogens is 234 g/mol. The molecule has 5 nitrogen and oxygen atoms in total. The van der Waals surface area contributed by atoms with Gasteiger partial charge in [-0.15, -0.1) is 0 Å². The maximum Gasteiger partial charge on any atom is 0.341 e. The molecule has 0 aliphatic carbocycles. The summed E-state index contributed by atoms with van der Waals surface area (Å²) in [6.45, 7) is 4.69. The van der Waals surface area contributed by atoms with E-state index in [0.29, 0.717) is 30.2 Å². The molecule has 0 aliphatic heterocycles. The summed E-state index contributed by atoms with van der Waals surface area (Å²) < 4.78 is 15.5. The number of esters is 1. The van der Waals surface area contributed by atoms with Crippen LogP contribution >= 0.6 is 0 Å². The van der Waals surface area contributed by atoms with Gasteiger partial charge in [0.1, 0.15) is 17.9 Å². The number of ether oxygens (including phenoxy) is 3. The van der Waals surface area contributed by atoms with Crippen molar-refractivity contribution < 1.29 is 19.0 Å². The maximum atomic E-state index is 11.5. The number of anilines is 1. The Morgan fingerprint density at radius 2 is 2.06 bits per heavy atom. The molecule has 0 spiro atoms. The summed E-state index contributed by atoms with van der Waals surface area (Å²) in [6.07, 6.45) is 0.148. The summed E-state index contributed by atoms with van der Waals surface area (Å²) in [5.74, 6) is -0.0380. The van der Waals surface area contributed by atoms with Gasteiger partial charge in [-0.1, -0.05) is 0 Å². The average molecular weight is 253 g/mol. The van der Waals surface area contributed by atoms with Crippen molar-refractivity contribution in [2.45, 2.75) is 20.0 Å². The standard InChI is InChI=1S/C13H19NO4/c1-9(2)17-6-7-18-12-8-10(14)4-5-11(12)13(15)16-3/h4-5,8-9H,6-7,14H2,1-3H3. The second-order valence-electron chi connectivity index (χ2n) is 4.02. The maximum absolute atomic E-state index is 11.5. The van der Waals surface area contributed by atoms with E-state index in [1.807, 2.05) is 13.8 Å². The monoisotopic (exact) mass is 253 g/mol. The van der Waals surface area contributed by atoms with Crippen LogP contribution in [-0.2, 0) is 9.47 Å². The van der Waals surface area contributed by atoms with E-state index in [1.165, 1.54) is 7.11 Å². The largest absolute Gasteiger partial charge is 0.490 e. The van der Waals surface area contributed by atoms with Gasteiger partial charge in [-0.25, -0.2) is 4.79 Å². The number of benzene rings is 1. The molecule has 1 aromatic rings. The first-order valence-electron chi connectivity index (χ1n) is 5.77. The van der Waals surface area contributed by atoms with Gasteiger partial charge in [-0.2, -0.15) is 0 Å². The molecule has 18 heavy (non-hydrogen) atoms. The van der Waals surface area contributed by atoms with Gasteiger partial charge in [-0.05, 0) is 26.0 Å². The fourth-order valence-corrected chi connectivity index (χ4v) is 1.37. The minimum absolute atomic E-state index is 0.148. The molecule has 100 valence electrons. The Bertz CT molecular complexity index is 404. The topological polar surface area (TPSA) is 70.8 Å². The van der Waals surface area contributed by atoms with Crippen LogP contribution in [0.15, 0.2) is 18.2 Å². The highest BCUT2D eigenvalue weighted by Crippen LogP contribution is 2.22. The number of methoxy groups -OCH3 is 1. The van der Waals surface area contributed by atoms with Crippen molar-refractivity contribution >= 4 is 11.7 Å². The van der Waals surface area contributed by atoms with Crippen LogP contribution in [0.1, 0.15) is 24.2 Å². The highest BCUT2D eigenvalue weighted by atomic mass is 16.5. The van der Waals surface area contributed by atoms with Gasteiger partial charge in [0.25, 0.3) is 0 Å². The van der Waals surface area contributed by atoms with Crippen molar-refractivity contribution in [2.24, 2.45) is 0 Å². The van der Waals surface area contributed by atoms with Gasteiger partial charge in [0.15, 0.2) is 0 Å². The normalized spacial score (nSPS) is 10.4. The van der Waals surface area contributed by atoms with Crippen LogP contribution in [0.3, 0.4) is 0 Å². The lowest BCUT2D eigenvalue weighted by Gasteiger charge is -2.12. The van der Waals surface area contributed by atoms with Crippen molar-refractivity contribution in [3.05, 3.63) is 23.8 Å². The van der Waals surface area contributed by atoms with Gasteiger partial charge in [0, 0.05) is 11.8 Å². The fraction of sp³-hybridized carbons (Fsp3) is 0.462. The Balaban J connectivity index is 2.67. The third kappa shape index (κ3) is 4.25. The molecular formula is C13H19NO4. The lowest BCUT2D eigenvalue weighted by atomic mass is 10.2. The van der Waals surface area contributed by atoms with Gasteiger partial charge in [0.05, 0.1) is 19.8 Å². The third-order valence-corrected chi connectivity index (χ3v) is 2.20. The Morgan fingerprint density at radius 1 is 1.33 bits per heavy atom. The average Bonchev–Trinajstić information content (AvgIpc) is 2.33. The Labute approximate surface area is 107 Å². The SMILES string of the molecule is COC(=O)c1ccc(N)cc1OCCOC(C)C. The van der Waals surface area contributed by atoms with Gasteiger partial charge in [-0.3, -0.25) is 0 Å². The summed E-state index contributed by atoms with van der Waals surface area (Å²) >= 11 is 0. The molecule has 1 rings (SSSR count). The molecule has 0 aromatic heterocycles. The minimum atomic E-state index is -0.449. The molecule has 0 fully saturated rings. The number of nitrogens with two attached hydrogens (primary N) is 1. The quantitative estimate of drug-likeness (QED) is 0.476. The van der Waals surface area contributed by atoms with E-state index in [1.54, 1.807) is 18.2 Å². The molecule has 0 aliphatic rings.